The first kappa shape index (κ1) is 19.3. The van der Waals surface area contributed by atoms with Crippen LogP contribution in [0.2, 0.25) is 31.7 Å². The molecule has 1 rings (SSSR count). The number of hydrogen-bond donors (Lipinski definition) is 3. The fourth-order valence-electron chi connectivity index (χ4n) is 3.10. The van der Waals surface area contributed by atoms with Crippen LogP contribution in [0.5, 0.6) is 0 Å². The number of aliphatic hydroxyl groups excluding tert-OH is 3. The zero-order valence-electron chi connectivity index (χ0n) is 13.8. The third kappa shape index (κ3) is 6.47. The van der Waals surface area contributed by atoms with Gasteiger partial charge in [0.2, 0.25) is 0 Å². The molecule has 4 atom stereocenters. The number of rotatable bonds is 8. The van der Waals surface area contributed by atoms with E-state index in [9.17, 15) is 15.3 Å². The predicted molar refractivity (Wildman–Crippen MR) is 87.9 cm³/mol. The third-order valence-electron chi connectivity index (χ3n) is 4.18. The highest BCUT2D eigenvalue weighted by molar-refractivity contribution is 6.82. The molecule has 0 bridgehead atoms. The fourth-order valence-corrected chi connectivity index (χ4v) is 10.6. The highest BCUT2D eigenvalue weighted by Crippen LogP contribution is 2.33. The van der Waals surface area contributed by atoms with Crippen LogP contribution in [0.1, 0.15) is 25.7 Å². The molecule has 1 aliphatic rings. The third-order valence-corrected chi connectivity index (χ3v) is 10.9. The first-order valence-corrected chi connectivity index (χ1v) is 13.6. The summed E-state index contributed by atoms with van der Waals surface area (Å²) in [6.45, 7) is 6.53. The van der Waals surface area contributed by atoms with E-state index in [4.69, 9.17) is 8.54 Å². The number of aliphatic hydroxyl groups is 3. The van der Waals surface area contributed by atoms with Gasteiger partial charge in [-0.25, -0.2) is 0 Å². The predicted octanol–water partition coefficient (Wildman–Crippen LogP) is 1.83. The van der Waals surface area contributed by atoms with Gasteiger partial charge in [0.05, 0.1) is 12.2 Å². The van der Waals surface area contributed by atoms with Gasteiger partial charge < -0.3 is 23.9 Å². The summed E-state index contributed by atoms with van der Waals surface area (Å²) >= 11 is 0. The van der Waals surface area contributed by atoms with Crippen molar-refractivity contribution in [1.29, 1.82) is 0 Å². The van der Waals surface area contributed by atoms with Gasteiger partial charge in [0, 0.05) is 19.8 Å². The summed E-state index contributed by atoms with van der Waals surface area (Å²) in [6, 6.07) is 1.45. The Hall–Kier alpha value is 0.234. The summed E-state index contributed by atoms with van der Waals surface area (Å²) < 4.78 is 12.1. The Bertz CT molecular complexity index is 310. The smallest absolute Gasteiger partial charge is 0.329 e. The monoisotopic (exact) mass is 336 g/mol. The van der Waals surface area contributed by atoms with Gasteiger partial charge >= 0.3 is 8.56 Å². The van der Waals surface area contributed by atoms with E-state index in [1.54, 1.807) is 7.11 Å². The van der Waals surface area contributed by atoms with E-state index in [0.29, 0.717) is 24.8 Å². The Labute approximate surface area is 130 Å². The van der Waals surface area contributed by atoms with Crippen LogP contribution in [0.4, 0.5) is 0 Å². The largest absolute Gasteiger partial charge is 0.436 e. The fraction of sp³-hybridized carbons (Fsp3) is 1.00. The highest BCUT2D eigenvalue weighted by Gasteiger charge is 2.41. The maximum Gasteiger partial charge on any atom is 0.329 e. The standard InChI is InChI=1S/C14H32O5Si2/c1-18-21(10-8-15,19-20(2,3)4)9-7-12-5-6-13(16)14(17)11-12/h12-17H,5-11H2,1-4H3. The molecule has 5 nitrogen and oxygen atoms in total. The van der Waals surface area contributed by atoms with Gasteiger partial charge in [0.1, 0.15) is 0 Å². The first-order chi connectivity index (χ1) is 9.71. The van der Waals surface area contributed by atoms with Gasteiger partial charge in [-0.05, 0) is 57.3 Å². The van der Waals surface area contributed by atoms with Crippen LogP contribution in [0.15, 0.2) is 0 Å². The van der Waals surface area contributed by atoms with Gasteiger partial charge in [-0.2, -0.15) is 0 Å². The Morgan fingerprint density at radius 1 is 1.05 bits per heavy atom. The van der Waals surface area contributed by atoms with E-state index < -0.39 is 29.1 Å². The van der Waals surface area contributed by atoms with Crippen LogP contribution >= 0.6 is 0 Å². The molecule has 0 aromatic carbocycles. The van der Waals surface area contributed by atoms with Crippen LogP contribution in [0.25, 0.3) is 0 Å². The maximum absolute atomic E-state index is 9.79. The Balaban J connectivity index is 2.60. The van der Waals surface area contributed by atoms with E-state index in [1.807, 2.05) is 0 Å². The summed E-state index contributed by atoms with van der Waals surface area (Å²) in [4.78, 5) is 0. The van der Waals surface area contributed by atoms with E-state index in [-0.39, 0.29) is 6.61 Å². The highest BCUT2D eigenvalue weighted by atomic mass is 28.4. The second-order valence-electron chi connectivity index (χ2n) is 7.16. The molecule has 0 spiro atoms. The summed E-state index contributed by atoms with van der Waals surface area (Å²) in [6.07, 6.45) is 2.04. The van der Waals surface area contributed by atoms with Crippen molar-refractivity contribution < 1.29 is 23.9 Å². The molecule has 3 N–H and O–H groups in total. The van der Waals surface area contributed by atoms with E-state index in [2.05, 4.69) is 19.6 Å². The van der Waals surface area contributed by atoms with Crippen LogP contribution in [-0.2, 0) is 8.54 Å². The molecule has 4 unspecified atom stereocenters. The van der Waals surface area contributed by atoms with Crippen molar-refractivity contribution in [2.75, 3.05) is 13.7 Å². The molecule has 7 heteroatoms. The molecule has 1 saturated carbocycles. The Morgan fingerprint density at radius 2 is 1.71 bits per heavy atom. The minimum Gasteiger partial charge on any atom is -0.436 e. The lowest BCUT2D eigenvalue weighted by molar-refractivity contribution is -0.0260. The Kier molecular flexibility index (Phi) is 7.52. The van der Waals surface area contributed by atoms with Gasteiger partial charge in [-0.1, -0.05) is 0 Å². The maximum atomic E-state index is 9.79. The van der Waals surface area contributed by atoms with Crippen molar-refractivity contribution in [3.63, 3.8) is 0 Å². The topological polar surface area (TPSA) is 79.2 Å². The summed E-state index contributed by atoms with van der Waals surface area (Å²) in [5.74, 6) is 0.411. The van der Waals surface area contributed by atoms with Gasteiger partial charge in [-0.3, -0.25) is 0 Å². The lowest BCUT2D eigenvalue weighted by Gasteiger charge is -2.37. The van der Waals surface area contributed by atoms with Gasteiger partial charge in [0.25, 0.3) is 0 Å². The molecule has 0 aliphatic heterocycles. The van der Waals surface area contributed by atoms with Crippen LogP contribution in [0, 0.1) is 5.92 Å². The van der Waals surface area contributed by atoms with Crippen LogP contribution in [-0.4, -0.2) is 58.1 Å². The van der Waals surface area contributed by atoms with Crippen molar-refractivity contribution in [2.45, 2.75) is 69.6 Å². The van der Waals surface area contributed by atoms with Crippen LogP contribution < -0.4 is 0 Å². The molecule has 0 amide bonds. The molecule has 0 aromatic heterocycles. The van der Waals surface area contributed by atoms with Crippen molar-refractivity contribution >= 4 is 16.9 Å². The first-order valence-electron chi connectivity index (χ1n) is 7.93. The molecule has 1 aliphatic carbocycles. The van der Waals surface area contributed by atoms with Crippen molar-refractivity contribution in [3.05, 3.63) is 0 Å². The zero-order chi connectivity index (χ0) is 16.1. The van der Waals surface area contributed by atoms with Crippen molar-refractivity contribution in [3.8, 4) is 0 Å². The van der Waals surface area contributed by atoms with E-state index in [0.717, 1.165) is 18.9 Å². The SMILES string of the molecule is CO[Si](CCO)(CCC1CCC(O)C(O)C1)O[Si](C)(C)C. The molecule has 0 heterocycles. The molecule has 0 aromatic rings. The van der Waals surface area contributed by atoms with Crippen molar-refractivity contribution in [2.24, 2.45) is 5.92 Å². The second kappa shape index (κ2) is 8.19. The van der Waals surface area contributed by atoms with E-state index in [1.165, 1.54) is 0 Å². The molecule has 0 saturated heterocycles. The molecule has 1 fully saturated rings. The summed E-state index contributed by atoms with van der Waals surface area (Å²) in [5.41, 5.74) is 0. The summed E-state index contributed by atoms with van der Waals surface area (Å²) in [5, 5.41) is 28.7. The molecular weight excluding hydrogens is 304 g/mol. The average Bonchev–Trinajstić information content (AvgIpc) is 2.38. The number of hydrogen-bond acceptors (Lipinski definition) is 5. The second-order valence-corrected chi connectivity index (χ2v) is 15.4. The lowest BCUT2D eigenvalue weighted by atomic mass is 9.84. The minimum atomic E-state index is -2.36. The Morgan fingerprint density at radius 3 is 2.19 bits per heavy atom. The average molecular weight is 337 g/mol. The molecule has 0 radical (unpaired) electrons. The van der Waals surface area contributed by atoms with Crippen molar-refractivity contribution in [1.82, 2.24) is 0 Å². The normalized spacial score (nSPS) is 30.1. The van der Waals surface area contributed by atoms with E-state index >= 15 is 0 Å². The molecule has 126 valence electrons. The quantitative estimate of drug-likeness (QED) is 0.589. The molecular formula is C14H32O5Si2. The molecule has 21 heavy (non-hydrogen) atoms. The van der Waals surface area contributed by atoms with Crippen LogP contribution in [0.3, 0.4) is 0 Å². The minimum absolute atomic E-state index is 0.0938. The zero-order valence-corrected chi connectivity index (χ0v) is 15.8. The van der Waals surface area contributed by atoms with Gasteiger partial charge in [-0.15, -0.1) is 0 Å². The van der Waals surface area contributed by atoms with Gasteiger partial charge in [0.15, 0.2) is 8.32 Å². The summed E-state index contributed by atoms with van der Waals surface area (Å²) in [7, 11) is -2.39. The lowest BCUT2D eigenvalue weighted by Crippen LogP contribution is -2.50.